The zero-order valence-electron chi connectivity index (χ0n) is 8.66. The van der Waals surface area contributed by atoms with Crippen molar-refractivity contribution in [3.8, 4) is 0 Å². The van der Waals surface area contributed by atoms with Crippen LogP contribution in [-0.2, 0) is 10.2 Å². The molecule has 2 heteroatoms. The second-order valence-corrected chi connectivity index (χ2v) is 4.22. The van der Waals surface area contributed by atoms with Crippen LogP contribution < -0.4 is 4.90 Å². The summed E-state index contributed by atoms with van der Waals surface area (Å²) >= 11 is 0. The van der Waals surface area contributed by atoms with Crippen molar-refractivity contribution in [3.05, 3.63) is 29.8 Å². The lowest BCUT2D eigenvalue weighted by atomic mass is 9.97. The van der Waals surface area contributed by atoms with Crippen molar-refractivity contribution in [2.75, 3.05) is 19.0 Å². The van der Waals surface area contributed by atoms with Crippen LogP contribution in [0.1, 0.15) is 18.4 Å². The summed E-state index contributed by atoms with van der Waals surface area (Å²) in [7, 11) is 4.03. The van der Waals surface area contributed by atoms with Gasteiger partial charge in [0.2, 0.25) is 0 Å². The van der Waals surface area contributed by atoms with Crippen LogP contribution in [0, 0.1) is 0 Å². The molecule has 1 aromatic rings. The molecule has 2 nitrogen and oxygen atoms in total. The number of aldehydes is 1. The molecular formula is C12H15NO. The molecule has 0 radical (unpaired) electrons. The van der Waals surface area contributed by atoms with E-state index in [1.807, 2.05) is 14.1 Å². The Morgan fingerprint density at radius 3 is 2.14 bits per heavy atom. The van der Waals surface area contributed by atoms with Gasteiger partial charge in [0, 0.05) is 19.8 Å². The molecule has 0 spiro atoms. The smallest absolute Gasteiger partial charge is 0.130 e. The third-order valence-electron chi connectivity index (χ3n) is 2.97. The summed E-state index contributed by atoms with van der Waals surface area (Å²) in [5, 5.41) is 0. The topological polar surface area (TPSA) is 20.3 Å². The Bertz CT molecular complexity index is 336. The first-order valence-corrected chi connectivity index (χ1v) is 4.92. The van der Waals surface area contributed by atoms with Gasteiger partial charge in [-0.25, -0.2) is 0 Å². The Morgan fingerprint density at radius 2 is 1.79 bits per heavy atom. The van der Waals surface area contributed by atoms with Gasteiger partial charge in [-0.15, -0.1) is 0 Å². The molecule has 0 aliphatic heterocycles. The summed E-state index contributed by atoms with van der Waals surface area (Å²) < 4.78 is 0. The fraction of sp³-hybridized carbons (Fsp3) is 0.417. The first-order chi connectivity index (χ1) is 6.68. The lowest BCUT2D eigenvalue weighted by Gasteiger charge is -2.14. The molecular weight excluding hydrogens is 174 g/mol. The van der Waals surface area contributed by atoms with E-state index in [1.54, 1.807) is 0 Å². The molecule has 0 atom stereocenters. The Morgan fingerprint density at radius 1 is 1.21 bits per heavy atom. The summed E-state index contributed by atoms with van der Waals surface area (Å²) in [6, 6.07) is 8.27. The van der Waals surface area contributed by atoms with E-state index in [1.165, 1.54) is 5.69 Å². The number of carbonyl (C=O) groups excluding carboxylic acids is 1. The average molecular weight is 189 g/mol. The third kappa shape index (κ3) is 1.41. The van der Waals surface area contributed by atoms with Gasteiger partial charge in [0.05, 0.1) is 5.41 Å². The van der Waals surface area contributed by atoms with E-state index < -0.39 is 0 Å². The summed E-state index contributed by atoms with van der Waals surface area (Å²) in [6.07, 6.45) is 3.12. The molecule has 0 saturated heterocycles. The number of benzene rings is 1. The minimum atomic E-state index is -0.134. The third-order valence-corrected chi connectivity index (χ3v) is 2.97. The number of nitrogens with zero attached hydrogens (tertiary/aromatic N) is 1. The first-order valence-electron chi connectivity index (χ1n) is 4.92. The van der Waals surface area contributed by atoms with E-state index in [-0.39, 0.29) is 5.41 Å². The molecule has 0 aromatic heterocycles. The number of carbonyl (C=O) groups is 1. The molecule has 1 aliphatic rings. The van der Waals surface area contributed by atoms with Gasteiger partial charge >= 0.3 is 0 Å². The van der Waals surface area contributed by atoms with Crippen molar-refractivity contribution in [1.82, 2.24) is 0 Å². The zero-order valence-corrected chi connectivity index (χ0v) is 8.66. The molecule has 1 aromatic carbocycles. The molecule has 0 bridgehead atoms. The molecule has 1 aliphatic carbocycles. The highest BCUT2D eigenvalue weighted by Gasteiger charge is 2.44. The molecule has 74 valence electrons. The normalized spacial score (nSPS) is 17.6. The van der Waals surface area contributed by atoms with Crippen LogP contribution in [0.15, 0.2) is 24.3 Å². The molecule has 0 amide bonds. The van der Waals surface area contributed by atoms with Gasteiger partial charge in [-0.05, 0) is 30.5 Å². The fourth-order valence-electron chi connectivity index (χ4n) is 1.70. The predicted octanol–water partition coefficient (Wildman–Crippen LogP) is 1.98. The van der Waals surface area contributed by atoms with Gasteiger partial charge in [-0.1, -0.05) is 12.1 Å². The number of hydrogen-bond donors (Lipinski definition) is 0. The summed E-state index contributed by atoms with van der Waals surface area (Å²) in [5.74, 6) is 0. The highest BCUT2D eigenvalue weighted by molar-refractivity contribution is 5.73. The van der Waals surface area contributed by atoms with E-state index in [9.17, 15) is 4.79 Å². The first kappa shape index (κ1) is 9.25. The van der Waals surface area contributed by atoms with Gasteiger partial charge in [-0.3, -0.25) is 0 Å². The number of hydrogen-bond acceptors (Lipinski definition) is 2. The molecule has 0 unspecified atom stereocenters. The molecule has 1 fully saturated rings. The Hall–Kier alpha value is -1.31. The summed E-state index contributed by atoms with van der Waals surface area (Å²) in [5.41, 5.74) is 2.21. The standard InChI is InChI=1S/C12H15NO/c1-13(2)11-5-3-10(4-6-11)12(9-14)7-8-12/h3-6,9H,7-8H2,1-2H3. The van der Waals surface area contributed by atoms with Crippen LogP contribution in [0.3, 0.4) is 0 Å². The quantitative estimate of drug-likeness (QED) is 0.678. The highest BCUT2D eigenvalue weighted by Crippen LogP contribution is 2.46. The molecule has 1 saturated carbocycles. The summed E-state index contributed by atoms with van der Waals surface area (Å²) in [4.78, 5) is 13.0. The van der Waals surface area contributed by atoms with Crippen molar-refractivity contribution >= 4 is 12.0 Å². The van der Waals surface area contributed by atoms with E-state index in [2.05, 4.69) is 29.2 Å². The number of anilines is 1. The van der Waals surface area contributed by atoms with Gasteiger partial charge in [0.15, 0.2) is 0 Å². The van der Waals surface area contributed by atoms with E-state index in [4.69, 9.17) is 0 Å². The largest absolute Gasteiger partial charge is 0.378 e. The van der Waals surface area contributed by atoms with Crippen molar-refractivity contribution in [2.24, 2.45) is 0 Å². The van der Waals surface area contributed by atoms with Gasteiger partial charge in [-0.2, -0.15) is 0 Å². The van der Waals surface area contributed by atoms with E-state index in [0.717, 1.165) is 24.7 Å². The second kappa shape index (κ2) is 3.12. The Labute approximate surface area is 84.5 Å². The Kier molecular flexibility index (Phi) is 2.06. The summed E-state index contributed by atoms with van der Waals surface area (Å²) in [6.45, 7) is 0. The van der Waals surface area contributed by atoms with E-state index in [0.29, 0.717) is 0 Å². The lowest BCUT2D eigenvalue weighted by molar-refractivity contribution is -0.109. The van der Waals surface area contributed by atoms with Crippen LogP contribution in [0.4, 0.5) is 5.69 Å². The van der Waals surface area contributed by atoms with Crippen LogP contribution in [0.25, 0.3) is 0 Å². The highest BCUT2D eigenvalue weighted by atomic mass is 16.1. The van der Waals surface area contributed by atoms with Crippen LogP contribution in [0.2, 0.25) is 0 Å². The fourth-order valence-corrected chi connectivity index (χ4v) is 1.70. The Balaban J connectivity index is 2.26. The maximum Gasteiger partial charge on any atom is 0.130 e. The average Bonchev–Trinajstić information content (AvgIpc) is 2.99. The van der Waals surface area contributed by atoms with Crippen molar-refractivity contribution in [3.63, 3.8) is 0 Å². The predicted molar refractivity (Wildman–Crippen MR) is 57.7 cm³/mol. The minimum absolute atomic E-state index is 0.134. The van der Waals surface area contributed by atoms with Gasteiger partial charge in [0.1, 0.15) is 6.29 Å². The van der Waals surface area contributed by atoms with Crippen LogP contribution >= 0.6 is 0 Å². The maximum atomic E-state index is 10.9. The zero-order chi connectivity index (χ0) is 10.2. The SMILES string of the molecule is CN(C)c1ccc(C2(C=O)CC2)cc1. The van der Waals surface area contributed by atoms with Crippen LogP contribution in [0.5, 0.6) is 0 Å². The molecule has 0 heterocycles. The van der Waals surface area contributed by atoms with E-state index >= 15 is 0 Å². The molecule has 0 N–H and O–H groups in total. The minimum Gasteiger partial charge on any atom is -0.378 e. The molecule has 14 heavy (non-hydrogen) atoms. The van der Waals surface area contributed by atoms with Crippen LogP contribution in [-0.4, -0.2) is 20.4 Å². The van der Waals surface area contributed by atoms with Gasteiger partial charge < -0.3 is 9.69 Å². The number of rotatable bonds is 3. The van der Waals surface area contributed by atoms with Gasteiger partial charge in [0.25, 0.3) is 0 Å². The maximum absolute atomic E-state index is 10.9. The molecule has 2 rings (SSSR count). The van der Waals surface area contributed by atoms with Crippen molar-refractivity contribution in [1.29, 1.82) is 0 Å². The lowest BCUT2D eigenvalue weighted by Crippen LogP contribution is -2.10. The van der Waals surface area contributed by atoms with Crippen molar-refractivity contribution in [2.45, 2.75) is 18.3 Å². The van der Waals surface area contributed by atoms with Crippen molar-refractivity contribution < 1.29 is 4.79 Å². The second-order valence-electron chi connectivity index (χ2n) is 4.22. The monoisotopic (exact) mass is 189 g/mol.